The van der Waals surface area contributed by atoms with Crippen molar-refractivity contribution in [2.45, 2.75) is 45.1 Å². The standard InChI is InChI=1S/C15H22IN/c1-3-9-17-15-10-13(11(15)4-2)12-7-5-6-8-14(12)16/h5-8,11,13,15,17H,3-4,9-10H2,1-2H3. The Bertz CT molecular complexity index is 364. The molecule has 94 valence electrons. The lowest BCUT2D eigenvalue weighted by Crippen LogP contribution is -2.49. The maximum absolute atomic E-state index is 3.69. The smallest absolute Gasteiger partial charge is 0.0165 e. The van der Waals surface area contributed by atoms with Gasteiger partial charge in [0, 0.05) is 9.61 Å². The molecule has 0 aliphatic heterocycles. The molecule has 1 saturated carbocycles. The Morgan fingerprint density at radius 2 is 2.06 bits per heavy atom. The van der Waals surface area contributed by atoms with E-state index in [1.165, 1.54) is 29.4 Å². The summed E-state index contributed by atoms with van der Waals surface area (Å²) in [5, 5.41) is 3.69. The van der Waals surface area contributed by atoms with Crippen LogP contribution in [0, 0.1) is 9.49 Å². The summed E-state index contributed by atoms with van der Waals surface area (Å²) in [7, 11) is 0. The van der Waals surface area contributed by atoms with Crippen LogP contribution in [0.2, 0.25) is 0 Å². The predicted octanol–water partition coefficient (Wildman–Crippen LogP) is 4.17. The molecule has 0 spiro atoms. The predicted molar refractivity (Wildman–Crippen MR) is 82.4 cm³/mol. The molecule has 1 N–H and O–H groups in total. The normalized spacial score (nSPS) is 27.8. The van der Waals surface area contributed by atoms with Crippen LogP contribution in [0.1, 0.15) is 44.6 Å². The first-order chi connectivity index (χ1) is 8.27. The second-order valence-electron chi connectivity index (χ2n) is 5.00. The molecule has 1 aromatic rings. The average Bonchev–Trinajstić information content (AvgIpc) is 2.30. The summed E-state index contributed by atoms with van der Waals surface area (Å²) >= 11 is 2.47. The summed E-state index contributed by atoms with van der Waals surface area (Å²) in [6, 6.07) is 9.61. The van der Waals surface area contributed by atoms with Gasteiger partial charge in [-0.1, -0.05) is 38.5 Å². The third-order valence-corrected chi connectivity index (χ3v) is 4.96. The van der Waals surface area contributed by atoms with Crippen molar-refractivity contribution in [2.75, 3.05) is 6.54 Å². The molecule has 0 radical (unpaired) electrons. The zero-order valence-electron chi connectivity index (χ0n) is 10.7. The Balaban J connectivity index is 2.03. The highest BCUT2D eigenvalue weighted by atomic mass is 127. The highest BCUT2D eigenvalue weighted by Crippen LogP contribution is 2.45. The van der Waals surface area contributed by atoms with Gasteiger partial charge in [-0.25, -0.2) is 0 Å². The zero-order valence-corrected chi connectivity index (χ0v) is 12.9. The maximum Gasteiger partial charge on any atom is 0.0165 e. The van der Waals surface area contributed by atoms with Gasteiger partial charge in [0.15, 0.2) is 0 Å². The molecular formula is C15H22IN. The van der Waals surface area contributed by atoms with Gasteiger partial charge < -0.3 is 5.32 Å². The second-order valence-corrected chi connectivity index (χ2v) is 6.16. The third-order valence-electron chi connectivity index (χ3n) is 3.97. The van der Waals surface area contributed by atoms with E-state index >= 15 is 0 Å². The summed E-state index contributed by atoms with van der Waals surface area (Å²) in [6.45, 7) is 5.73. The molecule has 1 fully saturated rings. The van der Waals surface area contributed by atoms with E-state index in [-0.39, 0.29) is 0 Å². The van der Waals surface area contributed by atoms with Crippen molar-refractivity contribution in [2.24, 2.45) is 5.92 Å². The average molecular weight is 343 g/mol. The van der Waals surface area contributed by atoms with E-state index in [9.17, 15) is 0 Å². The lowest BCUT2D eigenvalue weighted by atomic mass is 9.65. The Morgan fingerprint density at radius 1 is 1.29 bits per heavy atom. The number of halogens is 1. The number of hydrogen-bond donors (Lipinski definition) is 1. The van der Waals surface area contributed by atoms with Crippen LogP contribution in [0.5, 0.6) is 0 Å². The first-order valence-electron chi connectivity index (χ1n) is 6.75. The van der Waals surface area contributed by atoms with Gasteiger partial charge in [-0.15, -0.1) is 0 Å². The number of nitrogens with one attached hydrogen (secondary N) is 1. The molecule has 0 amide bonds. The van der Waals surface area contributed by atoms with E-state index in [4.69, 9.17) is 0 Å². The highest BCUT2D eigenvalue weighted by Gasteiger charge is 2.40. The van der Waals surface area contributed by atoms with Crippen LogP contribution < -0.4 is 5.32 Å². The monoisotopic (exact) mass is 343 g/mol. The van der Waals surface area contributed by atoms with Crippen LogP contribution in [0.15, 0.2) is 24.3 Å². The van der Waals surface area contributed by atoms with Crippen LogP contribution in [0.25, 0.3) is 0 Å². The first-order valence-corrected chi connectivity index (χ1v) is 7.83. The summed E-state index contributed by atoms with van der Waals surface area (Å²) in [5.74, 6) is 1.61. The Kier molecular flexibility index (Phi) is 4.86. The minimum Gasteiger partial charge on any atom is -0.314 e. The SMILES string of the molecule is CCCNC1CC(c2ccccc2I)C1CC. The van der Waals surface area contributed by atoms with Crippen LogP contribution in [0.3, 0.4) is 0 Å². The van der Waals surface area contributed by atoms with Crippen molar-refractivity contribution in [1.82, 2.24) is 5.32 Å². The molecule has 3 atom stereocenters. The number of rotatable bonds is 5. The second kappa shape index (κ2) is 6.19. The minimum atomic E-state index is 0.751. The van der Waals surface area contributed by atoms with Crippen molar-refractivity contribution in [3.05, 3.63) is 33.4 Å². The van der Waals surface area contributed by atoms with Crippen molar-refractivity contribution < 1.29 is 0 Å². The fourth-order valence-corrected chi connectivity index (χ4v) is 3.76. The van der Waals surface area contributed by atoms with Gasteiger partial charge in [-0.05, 0) is 65.4 Å². The minimum absolute atomic E-state index is 0.751. The molecule has 2 heteroatoms. The molecule has 0 saturated heterocycles. The van der Waals surface area contributed by atoms with Crippen LogP contribution >= 0.6 is 22.6 Å². The van der Waals surface area contributed by atoms with E-state index in [0.717, 1.165) is 17.9 Å². The third kappa shape index (κ3) is 2.84. The van der Waals surface area contributed by atoms with E-state index in [1.54, 1.807) is 5.56 Å². The van der Waals surface area contributed by atoms with E-state index < -0.39 is 0 Å². The molecule has 0 aromatic heterocycles. The number of benzene rings is 1. The fourth-order valence-electron chi connectivity index (χ4n) is 2.97. The van der Waals surface area contributed by atoms with Gasteiger partial charge >= 0.3 is 0 Å². The van der Waals surface area contributed by atoms with Gasteiger partial charge in [-0.2, -0.15) is 0 Å². The molecule has 3 unspecified atom stereocenters. The molecule has 2 rings (SSSR count). The van der Waals surface area contributed by atoms with Gasteiger partial charge in [-0.3, -0.25) is 0 Å². The van der Waals surface area contributed by atoms with Crippen LogP contribution in [-0.4, -0.2) is 12.6 Å². The largest absolute Gasteiger partial charge is 0.314 e. The molecule has 0 heterocycles. The van der Waals surface area contributed by atoms with Crippen molar-refractivity contribution in [1.29, 1.82) is 0 Å². The maximum atomic E-state index is 3.69. The first kappa shape index (κ1) is 13.3. The quantitative estimate of drug-likeness (QED) is 0.791. The van der Waals surface area contributed by atoms with Crippen molar-refractivity contribution in [3.8, 4) is 0 Å². The molecule has 0 bridgehead atoms. The van der Waals surface area contributed by atoms with E-state index in [2.05, 4.69) is 66.0 Å². The van der Waals surface area contributed by atoms with Gasteiger partial charge in [0.2, 0.25) is 0 Å². The molecule has 17 heavy (non-hydrogen) atoms. The summed E-state index contributed by atoms with van der Waals surface area (Å²) in [5.41, 5.74) is 1.56. The highest BCUT2D eigenvalue weighted by molar-refractivity contribution is 14.1. The van der Waals surface area contributed by atoms with Crippen molar-refractivity contribution in [3.63, 3.8) is 0 Å². The summed E-state index contributed by atoms with van der Waals surface area (Å²) in [6.07, 6.45) is 3.84. The summed E-state index contributed by atoms with van der Waals surface area (Å²) in [4.78, 5) is 0. The summed E-state index contributed by atoms with van der Waals surface area (Å²) < 4.78 is 1.43. The lowest BCUT2D eigenvalue weighted by Gasteiger charge is -2.46. The Hall–Kier alpha value is -0.0900. The molecule has 1 aliphatic rings. The van der Waals surface area contributed by atoms with E-state index in [1.807, 2.05) is 0 Å². The molecular weight excluding hydrogens is 321 g/mol. The molecule has 1 aromatic carbocycles. The fraction of sp³-hybridized carbons (Fsp3) is 0.600. The Morgan fingerprint density at radius 3 is 2.71 bits per heavy atom. The van der Waals surface area contributed by atoms with Gasteiger partial charge in [0.1, 0.15) is 0 Å². The number of hydrogen-bond acceptors (Lipinski definition) is 1. The lowest BCUT2D eigenvalue weighted by molar-refractivity contribution is 0.160. The van der Waals surface area contributed by atoms with Crippen LogP contribution in [0.4, 0.5) is 0 Å². The van der Waals surface area contributed by atoms with Crippen LogP contribution in [-0.2, 0) is 0 Å². The van der Waals surface area contributed by atoms with Gasteiger partial charge in [0.25, 0.3) is 0 Å². The van der Waals surface area contributed by atoms with Gasteiger partial charge in [0.05, 0.1) is 0 Å². The topological polar surface area (TPSA) is 12.0 Å². The van der Waals surface area contributed by atoms with Crippen molar-refractivity contribution >= 4 is 22.6 Å². The zero-order chi connectivity index (χ0) is 12.3. The molecule has 1 aliphatic carbocycles. The van der Waals surface area contributed by atoms with E-state index in [0.29, 0.717) is 0 Å². The Labute approximate surface area is 119 Å². The molecule has 1 nitrogen and oxygen atoms in total.